The Balaban J connectivity index is 0.00000361. The first-order valence-corrected chi connectivity index (χ1v) is 7.24. The van der Waals surface area contributed by atoms with Gasteiger partial charge in [-0.05, 0) is 25.7 Å². The van der Waals surface area contributed by atoms with Gasteiger partial charge >= 0.3 is 0 Å². The van der Waals surface area contributed by atoms with Crippen molar-refractivity contribution in [3.63, 3.8) is 0 Å². The Morgan fingerprint density at radius 2 is 1.70 bits per heavy atom. The first-order chi connectivity index (χ1) is 8.96. The highest BCUT2D eigenvalue weighted by Crippen LogP contribution is 2.37. The number of nitrogens with one attached hydrogen (secondary N) is 1. The third-order valence-electron chi connectivity index (χ3n) is 4.90. The maximum Gasteiger partial charge on any atom is 0.227 e. The van der Waals surface area contributed by atoms with Gasteiger partial charge in [-0.1, -0.05) is 26.7 Å². The van der Waals surface area contributed by atoms with Crippen LogP contribution in [-0.2, 0) is 9.59 Å². The van der Waals surface area contributed by atoms with Gasteiger partial charge in [0, 0.05) is 13.1 Å². The summed E-state index contributed by atoms with van der Waals surface area (Å²) in [6.45, 7) is 4.61. The molecule has 0 radical (unpaired) electrons. The lowest BCUT2D eigenvalue weighted by atomic mass is 9.80. The van der Waals surface area contributed by atoms with Gasteiger partial charge in [0.25, 0.3) is 0 Å². The van der Waals surface area contributed by atoms with E-state index in [0.29, 0.717) is 25.9 Å². The third kappa shape index (κ3) is 3.64. The monoisotopic (exact) mass is 305 g/mol. The van der Waals surface area contributed by atoms with E-state index < -0.39 is 10.8 Å². The minimum Gasteiger partial charge on any atom is -0.369 e. The fraction of sp³-hybridized carbons (Fsp3) is 0.857. The molecule has 0 bridgehead atoms. The summed E-state index contributed by atoms with van der Waals surface area (Å²) >= 11 is 0. The van der Waals surface area contributed by atoms with Crippen molar-refractivity contribution in [1.82, 2.24) is 5.32 Å². The summed E-state index contributed by atoms with van der Waals surface area (Å²) < 4.78 is 0. The molecule has 2 amide bonds. The number of rotatable bonds is 7. The molecular weight excluding hydrogens is 278 g/mol. The minimum atomic E-state index is -0.544. The second kappa shape index (κ2) is 7.84. The molecule has 0 aromatic heterocycles. The molecule has 5 N–H and O–H groups in total. The molecule has 0 heterocycles. The maximum atomic E-state index is 12.3. The van der Waals surface area contributed by atoms with Crippen LogP contribution in [-0.4, -0.2) is 24.9 Å². The molecule has 1 aliphatic rings. The molecule has 1 saturated carbocycles. The van der Waals surface area contributed by atoms with Crippen molar-refractivity contribution >= 4 is 24.2 Å². The van der Waals surface area contributed by atoms with Gasteiger partial charge in [-0.25, -0.2) is 0 Å². The normalized spacial score (nSPS) is 17.4. The summed E-state index contributed by atoms with van der Waals surface area (Å²) in [6, 6.07) is 0. The predicted molar refractivity (Wildman–Crippen MR) is 82.4 cm³/mol. The molecule has 0 saturated heterocycles. The second-order valence-corrected chi connectivity index (χ2v) is 5.73. The average molecular weight is 306 g/mol. The molecule has 0 aliphatic heterocycles. The van der Waals surface area contributed by atoms with E-state index in [1.165, 1.54) is 0 Å². The standard InChI is InChI=1S/C14H27N3O2.ClH/c1-3-13(4-2,9-15)12(19)17-10-14(11(16)18)7-5-6-8-14;/h3-10,15H2,1-2H3,(H2,16,18)(H,17,19);1H. The lowest BCUT2D eigenvalue weighted by Crippen LogP contribution is -2.50. The van der Waals surface area contributed by atoms with Crippen molar-refractivity contribution in [2.24, 2.45) is 22.3 Å². The number of primary amides is 1. The zero-order valence-corrected chi connectivity index (χ0v) is 13.4. The molecule has 0 aromatic carbocycles. The Bertz CT molecular complexity index is 329. The second-order valence-electron chi connectivity index (χ2n) is 5.73. The summed E-state index contributed by atoms with van der Waals surface area (Å²) in [7, 11) is 0. The highest BCUT2D eigenvalue weighted by molar-refractivity contribution is 5.86. The molecular formula is C14H28ClN3O2. The number of amides is 2. The molecule has 0 spiro atoms. The summed E-state index contributed by atoms with van der Waals surface area (Å²) in [6.07, 6.45) is 4.96. The van der Waals surface area contributed by atoms with Gasteiger partial charge in [-0.3, -0.25) is 9.59 Å². The highest BCUT2D eigenvalue weighted by atomic mass is 35.5. The molecule has 0 aromatic rings. The van der Waals surface area contributed by atoms with E-state index in [-0.39, 0.29) is 24.2 Å². The van der Waals surface area contributed by atoms with Crippen molar-refractivity contribution in [2.75, 3.05) is 13.1 Å². The first-order valence-electron chi connectivity index (χ1n) is 7.24. The molecule has 1 fully saturated rings. The van der Waals surface area contributed by atoms with Crippen LogP contribution in [0.5, 0.6) is 0 Å². The molecule has 118 valence electrons. The minimum absolute atomic E-state index is 0. The summed E-state index contributed by atoms with van der Waals surface area (Å²) in [5.41, 5.74) is 10.2. The lowest BCUT2D eigenvalue weighted by molar-refractivity contribution is -0.133. The zero-order chi connectivity index (χ0) is 14.5. The van der Waals surface area contributed by atoms with Gasteiger partial charge in [-0.2, -0.15) is 0 Å². The van der Waals surface area contributed by atoms with E-state index in [9.17, 15) is 9.59 Å². The van der Waals surface area contributed by atoms with Crippen molar-refractivity contribution in [1.29, 1.82) is 0 Å². The van der Waals surface area contributed by atoms with Gasteiger partial charge in [0.1, 0.15) is 0 Å². The summed E-state index contributed by atoms with van der Waals surface area (Å²) in [5.74, 6) is -0.343. The van der Waals surface area contributed by atoms with Crippen LogP contribution >= 0.6 is 12.4 Å². The average Bonchev–Trinajstić information content (AvgIpc) is 2.89. The van der Waals surface area contributed by atoms with E-state index in [0.717, 1.165) is 25.7 Å². The van der Waals surface area contributed by atoms with E-state index >= 15 is 0 Å². The lowest BCUT2D eigenvalue weighted by Gasteiger charge is -2.32. The van der Waals surface area contributed by atoms with Gasteiger partial charge in [0.15, 0.2) is 0 Å². The summed E-state index contributed by atoms with van der Waals surface area (Å²) in [5, 5.41) is 2.92. The van der Waals surface area contributed by atoms with Crippen molar-refractivity contribution in [3.8, 4) is 0 Å². The molecule has 0 unspecified atom stereocenters. The van der Waals surface area contributed by atoms with Crippen LogP contribution in [0.2, 0.25) is 0 Å². The van der Waals surface area contributed by atoms with Crippen molar-refractivity contribution < 1.29 is 9.59 Å². The molecule has 1 aliphatic carbocycles. The van der Waals surface area contributed by atoms with E-state index in [1.807, 2.05) is 13.8 Å². The van der Waals surface area contributed by atoms with E-state index in [2.05, 4.69) is 5.32 Å². The Morgan fingerprint density at radius 3 is 2.05 bits per heavy atom. The topological polar surface area (TPSA) is 98.2 Å². The SMILES string of the molecule is CCC(CC)(CN)C(=O)NCC1(C(N)=O)CCCC1.Cl. The van der Waals surface area contributed by atoms with E-state index in [1.54, 1.807) is 0 Å². The Morgan fingerprint density at radius 1 is 1.20 bits per heavy atom. The Labute approximate surface area is 127 Å². The number of carbonyl (C=O) groups is 2. The predicted octanol–water partition coefficient (Wildman–Crippen LogP) is 1.34. The Hall–Kier alpha value is -0.810. The van der Waals surface area contributed by atoms with Crippen LogP contribution in [0.1, 0.15) is 52.4 Å². The van der Waals surface area contributed by atoms with Gasteiger partial charge in [-0.15, -0.1) is 12.4 Å². The maximum absolute atomic E-state index is 12.3. The van der Waals surface area contributed by atoms with Gasteiger partial charge in [0.05, 0.1) is 10.8 Å². The van der Waals surface area contributed by atoms with Gasteiger partial charge < -0.3 is 16.8 Å². The van der Waals surface area contributed by atoms with Crippen LogP contribution in [0.25, 0.3) is 0 Å². The first kappa shape index (κ1) is 19.2. The zero-order valence-electron chi connectivity index (χ0n) is 12.5. The van der Waals surface area contributed by atoms with E-state index in [4.69, 9.17) is 11.5 Å². The number of hydrogen-bond donors (Lipinski definition) is 3. The van der Waals surface area contributed by atoms with Crippen LogP contribution in [0.3, 0.4) is 0 Å². The van der Waals surface area contributed by atoms with Crippen LogP contribution in [0.4, 0.5) is 0 Å². The quantitative estimate of drug-likeness (QED) is 0.662. The van der Waals surface area contributed by atoms with Crippen molar-refractivity contribution in [3.05, 3.63) is 0 Å². The molecule has 20 heavy (non-hydrogen) atoms. The van der Waals surface area contributed by atoms with Crippen LogP contribution < -0.4 is 16.8 Å². The van der Waals surface area contributed by atoms with Crippen LogP contribution in [0, 0.1) is 10.8 Å². The van der Waals surface area contributed by atoms with Crippen molar-refractivity contribution in [2.45, 2.75) is 52.4 Å². The third-order valence-corrected chi connectivity index (χ3v) is 4.90. The number of hydrogen-bond acceptors (Lipinski definition) is 3. The fourth-order valence-corrected chi connectivity index (χ4v) is 2.95. The molecule has 1 rings (SSSR count). The van der Waals surface area contributed by atoms with Gasteiger partial charge in [0.2, 0.25) is 11.8 Å². The number of halogens is 1. The molecule has 6 heteroatoms. The molecule has 5 nitrogen and oxygen atoms in total. The smallest absolute Gasteiger partial charge is 0.227 e. The summed E-state index contributed by atoms with van der Waals surface area (Å²) in [4.78, 5) is 24.0. The fourth-order valence-electron chi connectivity index (χ4n) is 2.95. The highest BCUT2D eigenvalue weighted by Gasteiger charge is 2.41. The Kier molecular flexibility index (Phi) is 7.52. The number of nitrogens with two attached hydrogens (primary N) is 2. The van der Waals surface area contributed by atoms with Crippen LogP contribution in [0.15, 0.2) is 0 Å². The number of carbonyl (C=O) groups excluding carboxylic acids is 2. The molecule has 0 atom stereocenters. The largest absolute Gasteiger partial charge is 0.369 e.